The molecule has 352 valence electrons. The molecule has 0 bridgehead atoms. The number of aromatic nitrogens is 2. The Morgan fingerprint density at radius 1 is 0.325 bits per heavy atom. The number of benzene rings is 20. The van der Waals surface area contributed by atoms with E-state index in [0.29, 0.717) is 0 Å². The van der Waals surface area contributed by atoms with Crippen LogP contribution in [-0.4, -0.2) is 20.4 Å². The molecule has 2 spiro atoms. The lowest BCUT2D eigenvalue weighted by Crippen LogP contribution is -2.59. The first-order chi connectivity index (χ1) is 41.2. The SMILES string of the molecule is O=[N+]([O-])c1ccc(N2N=C(c3cnn(-c4ccccc4)c3)C34c5c6c7c8c9c%10c(c%11c%12c3c3c5c5c%13c6c6c7c7c9c9c%14c%10c%10c%11c%11c%12c%12c3c3c5c5c%13c%13c6c6c7c9c7c9c%14c%10c%10c%11c%11c%12c3c3c5c5c%13c6c7c6c9c%10c%11c3c56)C824)cc1. The van der Waals surface area contributed by atoms with Crippen molar-refractivity contribution in [1.29, 1.82) is 0 Å². The summed E-state index contributed by atoms with van der Waals surface area (Å²) in [7, 11) is 0. The molecular formula is C76H11N5O2. The molecular weight excluding hydrogens is 1010 g/mol. The Labute approximate surface area is 451 Å². The van der Waals surface area contributed by atoms with Gasteiger partial charge in [0.05, 0.1) is 28.2 Å². The van der Waals surface area contributed by atoms with E-state index >= 15 is 0 Å². The predicted octanol–water partition coefficient (Wildman–Crippen LogP) is 19.3. The number of non-ortho nitro benzene ring substituents is 1. The number of anilines is 1. The number of hydrogen-bond acceptors (Lipinski definition) is 5. The molecule has 31 aromatic rings. The number of hydrogen-bond donors (Lipinski definition) is 0. The Morgan fingerprint density at radius 2 is 0.602 bits per heavy atom. The average Bonchev–Trinajstić information content (AvgIpc) is 1.38. The highest BCUT2D eigenvalue weighted by atomic mass is 16.6. The van der Waals surface area contributed by atoms with Crippen molar-refractivity contribution < 1.29 is 4.92 Å². The fourth-order valence-electron chi connectivity index (χ4n) is 26.6. The number of para-hydroxylation sites is 1. The van der Waals surface area contributed by atoms with Crippen molar-refractivity contribution in [3.05, 3.63) is 105 Å². The van der Waals surface area contributed by atoms with Crippen LogP contribution in [0.15, 0.2) is 72.1 Å². The first-order valence-corrected chi connectivity index (χ1v) is 29.7. The zero-order chi connectivity index (χ0) is 50.3. The highest BCUT2D eigenvalue weighted by molar-refractivity contribution is 6.82. The summed E-state index contributed by atoms with van der Waals surface area (Å²) >= 11 is 0. The summed E-state index contributed by atoms with van der Waals surface area (Å²) in [5.41, 5.74) is 8.10. The lowest BCUT2D eigenvalue weighted by atomic mass is 9.51. The lowest BCUT2D eigenvalue weighted by molar-refractivity contribution is -0.384. The van der Waals surface area contributed by atoms with Gasteiger partial charge in [-0.1, -0.05) is 18.2 Å². The van der Waals surface area contributed by atoms with Crippen LogP contribution >= 0.6 is 0 Å². The van der Waals surface area contributed by atoms with Gasteiger partial charge in [0.25, 0.3) is 5.69 Å². The van der Waals surface area contributed by atoms with Crippen LogP contribution in [0.25, 0.3) is 297 Å². The normalized spacial score (nSPS) is 20.8. The van der Waals surface area contributed by atoms with Crippen LogP contribution in [0.5, 0.6) is 0 Å². The van der Waals surface area contributed by atoms with Crippen molar-refractivity contribution in [1.82, 2.24) is 9.78 Å². The molecule has 0 radical (unpaired) electrons. The molecule has 0 amide bonds. The lowest BCUT2D eigenvalue weighted by Gasteiger charge is -2.53. The van der Waals surface area contributed by atoms with Crippen molar-refractivity contribution in [2.45, 2.75) is 11.0 Å². The highest BCUT2D eigenvalue weighted by Gasteiger charge is 2.77. The number of hydrazone groups is 1. The van der Waals surface area contributed by atoms with Gasteiger partial charge in [-0.05, 0) is 326 Å². The summed E-state index contributed by atoms with van der Waals surface area (Å²) in [4.78, 5) is 12.5. The Morgan fingerprint density at radius 3 is 0.892 bits per heavy atom. The Hall–Kier alpha value is -11.0. The third kappa shape index (κ3) is 1.91. The number of nitrogens with zero attached hydrogens (tertiary/aromatic N) is 5. The zero-order valence-corrected chi connectivity index (χ0v) is 41.9. The van der Waals surface area contributed by atoms with Crippen molar-refractivity contribution in [3.63, 3.8) is 0 Å². The van der Waals surface area contributed by atoms with Crippen LogP contribution in [0.1, 0.15) is 27.8 Å². The topological polar surface area (TPSA) is 76.6 Å². The first-order valence-electron chi connectivity index (χ1n) is 29.7. The molecule has 30 aromatic carbocycles. The molecule has 0 atom stereocenters. The van der Waals surface area contributed by atoms with Crippen LogP contribution in [0, 0.1) is 10.1 Å². The molecule has 2 heterocycles. The Kier molecular flexibility index (Phi) is 3.01. The minimum Gasteiger partial charge on any atom is -0.258 e. The minimum atomic E-state index is -0.932. The van der Waals surface area contributed by atoms with Crippen LogP contribution in [-0.2, 0) is 11.0 Å². The highest BCUT2D eigenvalue weighted by Crippen LogP contribution is 2.86. The van der Waals surface area contributed by atoms with Gasteiger partial charge in [-0.15, -0.1) is 0 Å². The van der Waals surface area contributed by atoms with Crippen molar-refractivity contribution in [2.75, 3.05) is 5.01 Å². The maximum Gasteiger partial charge on any atom is 0.269 e. The van der Waals surface area contributed by atoms with Gasteiger partial charge in [-0.2, -0.15) is 10.2 Å². The number of nitro benzene ring substituents is 1. The zero-order valence-electron chi connectivity index (χ0n) is 41.9. The second-order valence-corrected chi connectivity index (χ2v) is 28.3. The second-order valence-electron chi connectivity index (χ2n) is 28.3. The minimum absolute atomic E-state index is 0.0919. The van der Waals surface area contributed by atoms with Crippen molar-refractivity contribution in [2.24, 2.45) is 5.10 Å². The second kappa shape index (κ2) is 7.74. The van der Waals surface area contributed by atoms with Gasteiger partial charge in [-0.25, -0.2) is 9.69 Å². The quantitative estimate of drug-likeness (QED) is 0.1000. The van der Waals surface area contributed by atoms with E-state index in [9.17, 15) is 10.1 Å². The van der Waals surface area contributed by atoms with Crippen LogP contribution in [0.4, 0.5) is 11.4 Å². The van der Waals surface area contributed by atoms with Gasteiger partial charge in [0.15, 0.2) is 0 Å². The van der Waals surface area contributed by atoms with E-state index in [1.807, 2.05) is 12.1 Å². The maximum atomic E-state index is 12.8. The molecule has 1 aliphatic heterocycles. The van der Waals surface area contributed by atoms with Crippen LogP contribution < -0.4 is 5.01 Å². The summed E-state index contributed by atoms with van der Waals surface area (Å²) in [5, 5.41) is 110. The average molecular weight is 1030 g/mol. The van der Waals surface area contributed by atoms with E-state index < -0.39 is 11.0 Å². The largest absolute Gasteiger partial charge is 0.269 e. The maximum absolute atomic E-state index is 12.8. The number of rotatable bonds is 4. The van der Waals surface area contributed by atoms with Gasteiger partial charge in [-0.3, -0.25) is 10.1 Å². The fourth-order valence-corrected chi connectivity index (χ4v) is 26.6. The summed E-state index contributed by atoms with van der Waals surface area (Å²) in [6.07, 6.45) is 4.42. The molecule has 0 N–H and O–H groups in total. The van der Waals surface area contributed by atoms with Crippen LogP contribution in [0.2, 0.25) is 0 Å². The summed E-state index contributed by atoms with van der Waals surface area (Å²) < 4.78 is 2.07. The van der Waals surface area contributed by atoms with Gasteiger partial charge in [0, 0.05) is 35.0 Å². The Bertz CT molecular complexity index is 8200. The van der Waals surface area contributed by atoms with Gasteiger partial charge < -0.3 is 0 Å². The molecule has 0 fully saturated rings. The van der Waals surface area contributed by atoms with E-state index in [1.54, 1.807) is 163 Å². The molecule has 5 aliphatic rings. The molecule has 1 aromatic heterocycles. The molecule has 83 heavy (non-hydrogen) atoms. The molecule has 7 nitrogen and oxygen atoms in total. The van der Waals surface area contributed by atoms with Crippen LogP contribution in [0.3, 0.4) is 0 Å². The van der Waals surface area contributed by atoms with E-state index in [0.717, 1.165) is 22.6 Å². The van der Waals surface area contributed by atoms with Crippen molar-refractivity contribution in [3.8, 4) is 5.69 Å². The van der Waals surface area contributed by atoms with E-state index in [4.69, 9.17) is 10.2 Å². The molecule has 4 aliphatic carbocycles. The molecule has 36 rings (SSSR count). The van der Waals surface area contributed by atoms with Gasteiger partial charge in [0.2, 0.25) is 0 Å². The van der Waals surface area contributed by atoms with E-state index in [2.05, 4.69) is 52.4 Å². The monoisotopic (exact) mass is 1030 g/mol. The smallest absolute Gasteiger partial charge is 0.258 e. The van der Waals surface area contributed by atoms with Crippen molar-refractivity contribution >= 4 is 308 Å². The molecule has 0 unspecified atom stereocenters. The summed E-state index contributed by atoms with van der Waals surface area (Å²) in [5.74, 6) is 0. The third-order valence-electron chi connectivity index (χ3n) is 27.3. The number of nitro groups is 1. The van der Waals surface area contributed by atoms with Gasteiger partial charge in [0.1, 0.15) is 11.0 Å². The molecule has 0 saturated carbocycles. The molecule has 0 saturated heterocycles. The van der Waals surface area contributed by atoms with E-state index in [-0.39, 0.29) is 10.6 Å². The standard InChI is InChI=1S/C76H11N5O2/c82-81(83)15-8-6-14(7-9-15)80-76-72-66-60-50-38-30-22-18-16-17-20-24(22)32(38)42-36-28(20)29-21(17)25-23-19(16)27-26(18)34-40(30)48-54-44(34)45-35(27)41-31(23)39-33(25)43-37(29)47-46(36)58(52(42)60)68(72)69-59(47)53(43)61-51(39)57-49(41)55(45)63-62(54)70(64(66)56(48)50)75(76,71(63)65(57)67(61)73(69)76)74(78-80)12-10-77-79(11-12)13-4-2-1-3-5-13/h1-11H. The third-order valence-corrected chi connectivity index (χ3v) is 27.3. The van der Waals surface area contributed by atoms with E-state index in [1.165, 1.54) is 162 Å². The summed E-state index contributed by atoms with van der Waals surface area (Å²) in [6, 6.07) is 18.2. The fraction of sp³-hybridized carbons (Fsp3) is 0.0263. The first kappa shape index (κ1) is 32.3. The molecule has 7 heteroatoms. The summed E-state index contributed by atoms with van der Waals surface area (Å²) in [6.45, 7) is 0. The Balaban J connectivity index is 1.02. The predicted molar refractivity (Wildman–Crippen MR) is 340 cm³/mol. The van der Waals surface area contributed by atoms with Gasteiger partial charge >= 0.3 is 0 Å².